The summed E-state index contributed by atoms with van der Waals surface area (Å²) in [7, 11) is 1.59. The fourth-order valence-electron chi connectivity index (χ4n) is 2.89. The van der Waals surface area contributed by atoms with Crippen LogP contribution in [0, 0.1) is 13.8 Å². The van der Waals surface area contributed by atoms with Crippen molar-refractivity contribution < 1.29 is 14.3 Å². The van der Waals surface area contributed by atoms with Gasteiger partial charge in [-0.2, -0.15) is 0 Å². The number of ether oxygens (including phenoxy) is 2. The maximum atomic E-state index is 12.6. The van der Waals surface area contributed by atoms with Gasteiger partial charge < -0.3 is 14.8 Å². The van der Waals surface area contributed by atoms with E-state index in [-0.39, 0.29) is 5.91 Å². The summed E-state index contributed by atoms with van der Waals surface area (Å²) >= 11 is 6.19. The fraction of sp³-hybridized carbons (Fsp3) is 0.238. The Labute approximate surface area is 163 Å². The highest BCUT2D eigenvalue weighted by atomic mass is 35.5. The Bertz CT molecular complexity index is 981. The van der Waals surface area contributed by atoms with Crippen molar-refractivity contribution >= 4 is 34.1 Å². The minimum atomic E-state index is -0.682. The third kappa shape index (κ3) is 3.98. The van der Waals surface area contributed by atoms with Gasteiger partial charge in [0.2, 0.25) is 0 Å². The van der Waals surface area contributed by atoms with Crippen LogP contribution in [0.4, 0.5) is 5.69 Å². The molecule has 27 heavy (non-hydrogen) atoms. The van der Waals surface area contributed by atoms with Gasteiger partial charge in [-0.05, 0) is 68.3 Å². The number of methoxy groups -OCH3 is 1. The highest BCUT2D eigenvalue weighted by Crippen LogP contribution is 2.30. The Hall–Kier alpha value is -2.79. The molecule has 3 rings (SSSR count). The Morgan fingerprint density at radius 2 is 1.89 bits per heavy atom. The van der Waals surface area contributed by atoms with Crippen molar-refractivity contribution in [1.82, 2.24) is 4.98 Å². The number of carbonyl (C=O) groups is 1. The van der Waals surface area contributed by atoms with E-state index < -0.39 is 6.10 Å². The van der Waals surface area contributed by atoms with Crippen LogP contribution in [0.1, 0.15) is 18.1 Å². The van der Waals surface area contributed by atoms with Gasteiger partial charge in [0.25, 0.3) is 5.91 Å². The summed E-state index contributed by atoms with van der Waals surface area (Å²) in [6.45, 7) is 5.52. The minimum absolute atomic E-state index is 0.254. The van der Waals surface area contributed by atoms with Crippen LogP contribution >= 0.6 is 11.6 Å². The van der Waals surface area contributed by atoms with Crippen LogP contribution in [0.15, 0.2) is 42.6 Å². The molecule has 1 atom stereocenters. The first kappa shape index (κ1) is 19.0. The number of fused-ring (bicyclic) bond motifs is 1. The monoisotopic (exact) mass is 384 g/mol. The molecule has 0 aliphatic carbocycles. The SMILES string of the molecule is COc1ccc(NC(=O)[C@@H](C)Oc2cc(C)c(Cl)c(C)c2)c2cccnc12. The molecule has 0 aliphatic heterocycles. The third-order valence-electron chi connectivity index (χ3n) is 4.30. The quantitative estimate of drug-likeness (QED) is 0.678. The van der Waals surface area contributed by atoms with Crippen LogP contribution in [0.3, 0.4) is 0 Å². The van der Waals surface area contributed by atoms with Crippen molar-refractivity contribution in [2.24, 2.45) is 0 Å². The predicted molar refractivity (Wildman–Crippen MR) is 108 cm³/mol. The van der Waals surface area contributed by atoms with E-state index >= 15 is 0 Å². The molecule has 6 heteroatoms. The van der Waals surface area contributed by atoms with Gasteiger partial charge in [0.15, 0.2) is 6.10 Å². The van der Waals surface area contributed by atoms with Crippen LogP contribution in [-0.4, -0.2) is 24.1 Å². The van der Waals surface area contributed by atoms with E-state index in [1.54, 1.807) is 32.4 Å². The van der Waals surface area contributed by atoms with E-state index in [1.807, 2.05) is 38.1 Å². The number of rotatable bonds is 5. The fourth-order valence-corrected chi connectivity index (χ4v) is 3.00. The van der Waals surface area contributed by atoms with Crippen molar-refractivity contribution in [2.45, 2.75) is 26.9 Å². The molecule has 5 nitrogen and oxygen atoms in total. The standard InChI is InChI=1S/C21H21ClN2O3/c1-12-10-15(11-13(2)19(12)22)27-14(3)21(25)24-17-7-8-18(26-4)20-16(17)6-5-9-23-20/h5-11,14H,1-4H3,(H,24,25)/t14-/m1/s1. The van der Waals surface area contributed by atoms with Gasteiger partial charge in [0, 0.05) is 16.6 Å². The van der Waals surface area contributed by atoms with E-state index in [9.17, 15) is 4.79 Å². The molecule has 0 fully saturated rings. The molecule has 0 radical (unpaired) electrons. The Morgan fingerprint density at radius 1 is 1.19 bits per heavy atom. The summed E-state index contributed by atoms with van der Waals surface area (Å²) in [5.41, 5.74) is 3.16. The lowest BCUT2D eigenvalue weighted by Gasteiger charge is -2.17. The number of nitrogens with one attached hydrogen (secondary N) is 1. The van der Waals surface area contributed by atoms with E-state index in [1.165, 1.54) is 0 Å². The topological polar surface area (TPSA) is 60.5 Å². The number of aryl methyl sites for hydroxylation is 2. The zero-order valence-electron chi connectivity index (χ0n) is 15.7. The number of nitrogens with zero attached hydrogens (tertiary/aromatic N) is 1. The summed E-state index contributed by atoms with van der Waals surface area (Å²) in [4.78, 5) is 17.0. The Kier molecular flexibility index (Phi) is 5.51. The lowest BCUT2D eigenvalue weighted by molar-refractivity contribution is -0.122. The zero-order valence-corrected chi connectivity index (χ0v) is 16.4. The normalized spacial score (nSPS) is 11.9. The van der Waals surface area contributed by atoms with Gasteiger partial charge >= 0.3 is 0 Å². The molecule has 1 heterocycles. The molecule has 0 saturated heterocycles. The number of halogens is 1. The summed E-state index contributed by atoms with van der Waals surface area (Å²) < 4.78 is 11.1. The number of hydrogen-bond acceptors (Lipinski definition) is 4. The number of carbonyl (C=O) groups excluding carboxylic acids is 1. The van der Waals surface area contributed by atoms with Crippen molar-refractivity contribution in [3.8, 4) is 11.5 Å². The van der Waals surface area contributed by atoms with Gasteiger partial charge in [-0.3, -0.25) is 9.78 Å². The molecule has 0 spiro atoms. The van der Waals surface area contributed by atoms with Gasteiger partial charge in [-0.25, -0.2) is 0 Å². The number of benzene rings is 2. The molecule has 0 bridgehead atoms. The lowest BCUT2D eigenvalue weighted by Crippen LogP contribution is -2.30. The lowest BCUT2D eigenvalue weighted by atomic mass is 10.1. The second-order valence-electron chi connectivity index (χ2n) is 6.34. The van der Waals surface area contributed by atoms with E-state index in [4.69, 9.17) is 21.1 Å². The Balaban J connectivity index is 1.80. The molecule has 1 amide bonds. The average molecular weight is 385 g/mol. The first-order valence-corrected chi connectivity index (χ1v) is 8.94. The predicted octanol–water partition coefficient (Wildman–Crippen LogP) is 4.92. The van der Waals surface area contributed by atoms with Crippen molar-refractivity contribution in [3.63, 3.8) is 0 Å². The molecule has 1 N–H and O–H groups in total. The highest BCUT2D eigenvalue weighted by molar-refractivity contribution is 6.32. The maximum Gasteiger partial charge on any atom is 0.265 e. The van der Waals surface area contributed by atoms with Crippen molar-refractivity contribution in [1.29, 1.82) is 0 Å². The molecule has 140 valence electrons. The summed E-state index contributed by atoms with van der Waals surface area (Å²) in [5, 5.41) is 4.42. The van der Waals surface area contributed by atoms with E-state index in [0.29, 0.717) is 27.7 Å². The van der Waals surface area contributed by atoms with Gasteiger partial charge in [0.1, 0.15) is 17.0 Å². The largest absolute Gasteiger partial charge is 0.494 e. The van der Waals surface area contributed by atoms with Gasteiger partial charge in [-0.1, -0.05) is 11.6 Å². The van der Waals surface area contributed by atoms with Crippen LogP contribution in [-0.2, 0) is 4.79 Å². The van der Waals surface area contributed by atoms with Gasteiger partial charge in [0.05, 0.1) is 12.8 Å². The number of amides is 1. The molecule has 2 aromatic carbocycles. The average Bonchev–Trinajstić information content (AvgIpc) is 2.66. The first-order chi connectivity index (χ1) is 12.9. The molecule has 0 saturated carbocycles. The molecule has 0 aliphatic rings. The van der Waals surface area contributed by atoms with Crippen LogP contribution in [0.25, 0.3) is 10.9 Å². The molecular weight excluding hydrogens is 364 g/mol. The minimum Gasteiger partial charge on any atom is -0.494 e. The zero-order chi connectivity index (χ0) is 19.6. The maximum absolute atomic E-state index is 12.6. The van der Waals surface area contributed by atoms with Crippen molar-refractivity contribution in [2.75, 3.05) is 12.4 Å². The molecule has 1 aromatic heterocycles. The smallest absolute Gasteiger partial charge is 0.265 e. The second kappa shape index (κ2) is 7.84. The van der Waals surface area contributed by atoms with Gasteiger partial charge in [-0.15, -0.1) is 0 Å². The number of aromatic nitrogens is 1. The Morgan fingerprint density at radius 3 is 2.56 bits per heavy atom. The number of pyridine rings is 1. The van der Waals surface area contributed by atoms with E-state index in [0.717, 1.165) is 16.5 Å². The molecule has 0 unspecified atom stereocenters. The third-order valence-corrected chi connectivity index (χ3v) is 4.90. The van der Waals surface area contributed by atoms with E-state index in [2.05, 4.69) is 10.3 Å². The summed E-state index contributed by atoms with van der Waals surface area (Å²) in [6.07, 6.45) is 1.01. The summed E-state index contributed by atoms with van der Waals surface area (Å²) in [5.74, 6) is 1.01. The van der Waals surface area contributed by atoms with Crippen LogP contribution in [0.2, 0.25) is 5.02 Å². The summed E-state index contributed by atoms with van der Waals surface area (Å²) in [6, 6.07) is 10.9. The first-order valence-electron chi connectivity index (χ1n) is 8.56. The van der Waals surface area contributed by atoms with Crippen LogP contribution in [0.5, 0.6) is 11.5 Å². The molecule has 3 aromatic rings. The van der Waals surface area contributed by atoms with Crippen LogP contribution < -0.4 is 14.8 Å². The highest BCUT2D eigenvalue weighted by Gasteiger charge is 2.18. The number of anilines is 1. The number of hydrogen-bond donors (Lipinski definition) is 1. The molecular formula is C21H21ClN2O3. The van der Waals surface area contributed by atoms with Crippen molar-refractivity contribution in [3.05, 3.63) is 58.7 Å². The second-order valence-corrected chi connectivity index (χ2v) is 6.71.